The normalized spacial score (nSPS) is 10.7. The van der Waals surface area contributed by atoms with Crippen molar-refractivity contribution in [1.29, 1.82) is 0 Å². The number of carbonyl (C=O) groups is 2. The average molecular weight is 353 g/mol. The Morgan fingerprint density at radius 2 is 1.88 bits per heavy atom. The number of para-hydroxylation sites is 1. The fraction of sp³-hybridized carbons (Fsp3) is 0.200. The number of hydrogen-bond acceptors (Lipinski definition) is 2. The number of aromatic nitrogens is 1. The Bertz CT molecular complexity index is 950. The monoisotopic (exact) mass is 353 g/mol. The van der Waals surface area contributed by atoms with Crippen molar-refractivity contribution in [3.05, 3.63) is 65.6 Å². The zero-order chi connectivity index (χ0) is 18.7. The lowest BCUT2D eigenvalue weighted by molar-refractivity contribution is -0.132. The number of aryl methyl sites for hydroxylation is 1. The van der Waals surface area contributed by atoms with Gasteiger partial charge in [0.1, 0.15) is 5.82 Å². The van der Waals surface area contributed by atoms with Crippen molar-refractivity contribution in [2.45, 2.75) is 13.3 Å². The van der Waals surface area contributed by atoms with Crippen LogP contribution in [0.2, 0.25) is 0 Å². The van der Waals surface area contributed by atoms with Crippen LogP contribution in [0.5, 0.6) is 0 Å². The molecule has 1 heterocycles. The summed E-state index contributed by atoms with van der Waals surface area (Å²) in [5.41, 5.74) is 3.04. The van der Waals surface area contributed by atoms with Gasteiger partial charge in [-0.25, -0.2) is 4.39 Å². The zero-order valence-corrected chi connectivity index (χ0v) is 14.7. The van der Waals surface area contributed by atoms with Crippen molar-refractivity contribution >= 4 is 28.4 Å². The number of likely N-dealkylation sites (N-methyl/N-ethyl adjacent to an activating group) is 1. The third kappa shape index (κ3) is 3.91. The highest BCUT2D eigenvalue weighted by molar-refractivity contribution is 5.95. The second kappa shape index (κ2) is 7.39. The van der Waals surface area contributed by atoms with E-state index in [1.165, 1.54) is 17.0 Å². The Balaban J connectivity index is 1.67. The Morgan fingerprint density at radius 3 is 2.62 bits per heavy atom. The van der Waals surface area contributed by atoms with Crippen molar-refractivity contribution in [3.63, 3.8) is 0 Å². The molecule has 0 bridgehead atoms. The minimum absolute atomic E-state index is 0.0521. The van der Waals surface area contributed by atoms with E-state index in [0.717, 1.165) is 16.8 Å². The average Bonchev–Trinajstić information content (AvgIpc) is 2.90. The summed E-state index contributed by atoms with van der Waals surface area (Å²) in [5.74, 6) is -0.823. The summed E-state index contributed by atoms with van der Waals surface area (Å²) in [7, 11) is 1.58. The largest absolute Gasteiger partial charge is 0.358 e. The van der Waals surface area contributed by atoms with E-state index in [1.807, 2.05) is 25.1 Å². The number of fused-ring (bicyclic) bond motifs is 1. The summed E-state index contributed by atoms with van der Waals surface area (Å²) in [6.45, 7) is 1.80. The Morgan fingerprint density at radius 1 is 1.15 bits per heavy atom. The molecule has 0 aliphatic carbocycles. The van der Waals surface area contributed by atoms with Gasteiger partial charge < -0.3 is 15.2 Å². The van der Waals surface area contributed by atoms with E-state index in [0.29, 0.717) is 11.1 Å². The SMILES string of the molecule is Cc1[nH]c2ccc(F)cc2c1CC(=O)N(C)CC(=O)Nc1ccccc1. The van der Waals surface area contributed by atoms with Crippen LogP contribution in [0.1, 0.15) is 11.3 Å². The Labute approximate surface area is 150 Å². The topological polar surface area (TPSA) is 65.2 Å². The van der Waals surface area contributed by atoms with Crippen LogP contribution in [-0.2, 0) is 16.0 Å². The maximum Gasteiger partial charge on any atom is 0.243 e. The first-order valence-corrected chi connectivity index (χ1v) is 8.29. The van der Waals surface area contributed by atoms with Gasteiger partial charge in [-0.3, -0.25) is 9.59 Å². The highest BCUT2D eigenvalue weighted by Gasteiger charge is 2.18. The van der Waals surface area contributed by atoms with Crippen molar-refractivity contribution in [1.82, 2.24) is 9.88 Å². The van der Waals surface area contributed by atoms with Gasteiger partial charge in [0.2, 0.25) is 11.8 Å². The molecule has 0 saturated carbocycles. The van der Waals surface area contributed by atoms with E-state index in [-0.39, 0.29) is 30.6 Å². The summed E-state index contributed by atoms with van der Waals surface area (Å²) in [6.07, 6.45) is 0.102. The van der Waals surface area contributed by atoms with Gasteiger partial charge >= 0.3 is 0 Å². The lowest BCUT2D eigenvalue weighted by Gasteiger charge is -2.17. The number of halogens is 1. The second-order valence-electron chi connectivity index (χ2n) is 6.26. The van der Waals surface area contributed by atoms with E-state index >= 15 is 0 Å². The number of amides is 2. The van der Waals surface area contributed by atoms with Gasteiger partial charge in [-0.2, -0.15) is 0 Å². The number of H-pyrrole nitrogens is 1. The van der Waals surface area contributed by atoms with Crippen molar-refractivity contribution in [3.8, 4) is 0 Å². The van der Waals surface area contributed by atoms with Crippen LogP contribution in [0.4, 0.5) is 10.1 Å². The van der Waals surface area contributed by atoms with Crippen LogP contribution in [0, 0.1) is 12.7 Å². The fourth-order valence-electron chi connectivity index (χ4n) is 2.89. The molecule has 0 radical (unpaired) electrons. The molecule has 6 heteroatoms. The van der Waals surface area contributed by atoms with Crippen LogP contribution in [0.15, 0.2) is 48.5 Å². The van der Waals surface area contributed by atoms with Gasteiger partial charge in [-0.05, 0) is 42.8 Å². The molecule has 2 aromatic carbocycles. The molecule has 5 nitrogen and oxygen atoms in total. The number of benzene rings is 2. The predicted octanol–water partition coefficient (Wildman–Crippen LogP) is 3.26. The van der Waals surface area contributed by atoms with Gasteiger partial charge in [0.25, 0.3) is 0 Å². The Kier molecular flexibility index (Phi) is 5.02. The van der Waals surface area contributed by atoms with Gasteiger partial charge in [-0.1, -0.05) is 18.2 Å². The first kappa shape index (κ1) is 17.7. The number of carbonyl (C=O) groups excluding carboxylic acids is 2. The van der Waals surface area contributed by atoms with E-state index in [1.54, 1.807) is 25.2 Å². The molecule has 0 saturated heterocycles. The summed E-state index contributed by atoms with van der Waals surface area (Å²) >= 11 is 0. The van der Waals surface area contributed by atoms with Gasteiger partial charge in [0, 0.05) is 29.3 Å². The second-order valence-corrected chi connectivity index (χ2v) is 6.26. The molecular formula is C20H20FN3O2. The van der Waals surface area contributed by atoms with Crippen molar-refractivity contribution in [2.75, 3.05) is 18.9 Å². The number of rotatable bonds is 5. The number of nitrogens with one attached hydrogen (secondary N) is 2. The molecule has 1 aromatic heterocycles. The standard InChI is InChI=1S/C20H20FN3O2/c1-13-16(17-10-14(21)8-9-18(17)22-13)11-20(26)24(2)12-19(25)23-15-6-4-3-5-7-15/h3-10,22H,11-12H2,1-2H3,(H,23,25). The molecule has 2 N–H and O–H groups in total. The van der Waals surface area contributed by atoms with Crippen LogP contribution < -0.4 is 5.32 Å². The minimum Gasteiger partial charge on any atom is -0.358 e. The van der Waals surface area contributed by atoms with Gasteiger partial charge in [0.15, 0.2) is 0 Å². The molecule has 0 fully saturated rings. The third-order valence-corrected chi connectivity index (χ3v) is 4.27. The number of anilines is 1. The van der Waals surface area contributed by atoms with Crippen molar-refractivity contribution < 1.29 is 14.0 Å². The van der Waals surface area contributed by atoms with E-state index in [9.17, 15) is 14.0 Å². The van der Waals surface area contributed by atoms with Gasteiger partial charge in [0.05, 0.1) is 13.0 Å². The van der Waals surface area contributed by atoms with E-state index < -0.39 is 0 Å². The van der Waals surface area contributed by atoms with E-state index in [2.05, 4.69) is 10.3 Å². The maximum atomic E-state index is 13.5. The molecule has 0 aliphatic heterocycles. The summed E-state index contributed by atoms with van der Waals surface area (Å²) in [4.78, 5) is 29.1. The molecular weight excluding hydrogens is 333 g/mol. The Hall–Kier alpha value is -3.15. The fourth-order valence-corrected chi connectivity index (χ4v) is 2.89. The molecule has 134 valence electrons. The molecule has 0 atom stereocenters. The van der Waals surface area contributed by atoms with Crippen LogP contribution >= 0.6 is 0 Å². The highest BCUT2D eigenvalue weighted by atomic mass is 19.1. The summed E-state index contributed by atoms with van der Waals surface area (Å²) in [6, 6.07) is 13.5. The first-order chi connectivity index (χ1) is 12.4. The number of aromatic amines is 1. The molecule has 2 amide bonds. The third-order valence-electron chi connectivity index (χ3n) is 4.27. The van der Waals surface area contributed by atoms with E-state index in [4.69, 9.17) is 0 Å². The molecule has 26 heavy (non-hydrogen) atoms. The molecule has 0 aliphatic rings. The lowest BCUT2D eigenvalue weighted by atomic mass is 10.1. The summed E-state index contributed by atoms with van der Waals surface area (Å²) < 4.78 is 13.5. The van der Waals surface area contributed by atoms with Crippen molar-refractivity contribution in [2.24, 2.45) is 0 Å². The molecule has 3 rings (SSSR count). The van der Waals surface area contributed by atoms with Gasteiger partial charge in [-0.15, -0.1) is 0 Å². The molecule has 0 unspecified atom stereocenters. The summed E-state index contributed by atoms with van der Waals surface area (Å²) in [5, 5.41) is 3.44. The minimum atomic E-state index is -0.346. The first-order valence-electron chi connectivity index (χ1n) is 8.29. The maximum absolute atomic E-state index is 13.5. The predicted molar refractivity (Wildman–Crippen MR) is 99.4 cm³/mol. The van der Waals surface area contributed by atoms with Crippen LogP contribution in [0.3, 0.4) is 0 Å². The quantitative estimate of drug-likeness (QED) is 0.739. The zero-order valence-electron chi connectivity index (χ0n) is 14.7. The number of hydrogen-bond donors (Lipinski definition) is 2. The number of nitrogens with zero attached hydrogens (tertiary/aromatic N) is 1. The smallest absolute Gasteiger partial charge is 0.243 e. The van der Waals surface area contributed by atoms with Crippen LogP contribution in [0.25, 0.3) is 10.9 Å². The molecule has 0 spiro atoms. The molecule has 3 aromatic rings. The lowest BCUT2D eigenvalue weighted by Crippen LogP contribution is -2.35. The van der Waals surface area contributed by atoms with Crippen LogP contribution in [-0.4, -0.2) is 35.3 Å². The highest BCUT2D eigenvalue weighted by Crippen LogP contribution is 2.24.